The van der Waals surface area contributed by atoms with Gasteiger partial charge in [0.2, 0.25) is 5.95 Å². The molecule has 1 fully saturated rings. The summed E-state index contributed by atoms with van der Waals surface area (Å²) in [6, 6.07) is 6.45. The molecule has 1 aliphatic rings. The number of thiazole rings is 1. The van der Waals surface area contributed by atoms with Crippen molar-refractivity contribution in [1.82, 2.24) is 15.0 Å². The van der Waals surface area contributed by atoms with Crippen LogP contribution in [-0.2, 0) is 11.0 Å². The van der Waals surface area contributed by atoms with E-state index < -0.39 is 17.8 Å². The van der Waals surface area contributed by atoms with Gasteiger partial charge in [-0.15, -0.1) is 11.3 Å². The van der Waals surface area contributed by atoms with Crippen LogP contribution in [0.25, 0.3) is 10.4 Å². The molecule has 2 aromatic heterocycles. The van der Waals surface area contributed by atoms with Crippen LogP contribution < -0.4 is 5.32 Å². The first-order chi connectivity index (χ1) is 15.2. The fraction of sp³-hybridized carbons (Fsp3) is 0.364. The van der Waals surface area contributed by atoms with Crippen molar-refractivity contribution in [3.8, 4) is 10.4 Å². The van der Waals surface area contributed by atoms with Gasteiger partial charge in [-0.1, -0.05) is 6.07 Å². The Bertz CT molecular complexity index is 1120. The van der Waals surface area contributed by atoms with E-state index in [2.05, 4.69) is 20.3 Å². The summed E-state index contributed by atoms with van der Waals surface area (Å²) in [5, 5.41) is 13.0. The SMILES string of the molecule is Cc1cc(Nc2nccc(C(F)(F)F)n2)cc(-c2cnc(C3CCC(C(=O)O)CC3)s2)c1. The maximum absolute atomic E-state index is 12.9. The quantitative estimate of drug-likeness (QED) is 0.481. The van der Waals surface area contributed by atoms with Gasteiger partial charge >= 0.3 is 12.1 Å². The Hall–Kier alpha value is -3.01. The molecule has 32 heavy (non-hydrogen) atoms. The highest BCUT2D eigenvalue weighted by molar-refractivity contribution is 7.15. The maximum atomic E-state index is 12.9. The molecular formula is C22H21F3N4O2S. The molecule has 10 heteroatoms. The standard InChI is InChI=1S/C22H21F3N4O2S/c1-12-8-15(10-16(9-12)28-21-26-7-6-18(29-21)22(23,24)25)17-11-27-19(32-17)13-2-4-14(5-3-13)20(30)31/h6-11,13-14H,2-5H2,1H3,(H,30,31)(H,26,28,29). The first-order valence-electron chi connectivity index (χ1n) is 10.2. The van der Waals surface area contributed by atoms with Gasteiger partial charge in [-0.05, 0) is 61.9 Å². The van der Waals surface area contributed by atoms with Crippen molar-refractivity contribution >= 4 is 28.9 Å². The van der Waals surface area contributed by atoms with Gasteiger partial charge in [0.1, 0.15) is 5.69 Å². The number of nitrogens with one attached hydrogen (secondary N) is 1. The molecule has 0 amide bonds. The molecule has 1 aliphatic carbocycles. The third kappa shape index (κ3) is 5.07. The molecule has 4 rings (SSSR count). The topological polar surface area (TPSA) is 88.0 Å². The number of anilines is 2. The van der Waals surface area contributed by atoms with Crippen LogP contribution in [0.4, 0.5) is 24.8 Å². The van der Waals surface area contributed by atoms with E-state index in [-0.39, 0.29) is 17.8 Å². The average Bonchev–Trinajstić information content (AvgIpc) is 3.23. The van der Waals surface area contributed by atoms with Crippen LogP contribution in [0.15, 0.2) is 36.7 Å². The molecule has 0 bridgehead atoms. The van der Waals surface area contributed by atoms with Crippen molar-refractivity contribution in [2.45, 2.75) is 44.7 Å². The number of carbonyl (C=O) groups is 1. The van der Waals surface area contributed by atoms with Gasteiger partial charge in [0.25, 0.3) is 0 Å². The number of nitrogens with zero attached hydrogens (tertiary/aromatic N) is 3. The molecule has 168 valence electrons. The Morgan fingerprint density at radius 1 is 1.16 bits per heavy atom. The molecule has 2 N–H and O–H groups in total. The van der Waals surface area contributed by atoms with Crippen LogP contribution in [0, 0.1) is 12.8 Å². The molecule has 6 nitrogen and oxygen atoms in total. The molecule has 0 spiro atoms. The highest BCUT2D eigenvalue weighted by Crippen LogP contribution is 2.40. The lowest BCUT2D eigenvalue weighted by Gasteiger charge is -2.24. The van der Waals surface area contributed by atoms with Crippen LogP contribution in [0.2, 0.25) is 0 Å². The van der Waals surface area contributed by atoms with E-state index in [0.29, 0.717) is 18.5 Å². The number of aromatic nitrogens is 3. The second-order valence-electron chi connectivity index (χ2n) is 7.93. The minimum Gasteiger partial charge on any atom is -0.481 e. The van der Waals surface area contributed by atoms with Gasteiger partial charge in [0, 0.05) is 24.0 Å². The number of halogens is 3. The molecule has 1 aromatic carbocycles. The second kappa shape index (κ2) is 8.85. The highest BCUT2D eigenvalue weighted by Gasteiger charge is 2.33. The summed E-state index contributed by atoms with van der Waals surface area (Å²) in [5.74, 6) is -0.871. The summed E-state index contributed by atoms with van der Waals surface area (Å²) in [5.41, 5.74) is 1.39. The van der Waals surface area contributed by atoms with Crippen molar-refractivity contribution < 1.29 is 23.1 Å². The van der Waals surface area contributed by atoms with Gasteiger partial charge in [-0.2, -0.15) is 13.2 Å². The first-order valence-corrected chi connectivity index (χ1v) is 11.0. The Kier molecular flexibility index (Phi) is 6.14. The monoisotopic (exact) mass is 462 g/mol. The maximum Gasteiger partial charge on any atom is 0.433 e. The third-order valence-corrected chi connectivity index (χ3v) is 6.72. The summed E-state index contributed by atoms with van der Waals surface area (Å²) in [6.45, 7) is 1.90. The van der Waals surface area contributed by atoms with Crippen molar-refractivity contribution in [1.29, 1.82) is 0 Å². The van der Waals surface area contributed by atoms with E-state index in [0.717, 1.165) is 46.1 Å². The predicted octanol–water partition coefficient (Wildman–Crippen LogP) is 6.03. The zero-order valence-electron chi connectivity index (χ0n) is 17.2. The van der Waals surface area contributed by atoms with Crippen LogP contribution >= 0.6 is 11.3 Å². The van der Waals surface area contributed by atoms with Gasteiger partial charge in [0.05, 0.1) is 15.8 Å². The summed E-state index contributed by atoms with van der Waals surface area (Å²) >= 11 is 1.57. The van der Waals surface area contributed by atoms with Crippen molar-refractivity contribution in [2.24, 2.45) is 5.92 Å². The number of hydrogen-bond donors (Lipinski definition) is 2. The number of benzene rings is 1. The van der Waals surface area contributed by atoms with Gasteiger partial charge < -0.3 is 10.4 Å². The molecule has 0 unspecified atom stereocenters. The van der Waals surface area contributed by atoms with E-state index in [1.807, 2.05) is 25.1 Å². The zero-order chi connectivity index (χ0) is 22.9. The number of carboxylic acids is 1. The van der Waals surface area contributed by atoms with Crippen LogP contribution in [-0.4, -0.2) is 26.0 Å². The molecular weight excluding hydrogens is 441 g/mol. The summed E-state index contributed by atoms with van der Waals surface area (Å²) < 4.78 is 38.8. The van der Waals surface area contributed by atoms with Crippen LogP contribution in [0.1, 0.15) is 47.9 Å². The molecule has 0 atom stereocenters. The number of alkyl halides is 3. The van der Waals surface area contributed by atoms with Gasteiger partial charge in [0.15, 0.2) is 0 Å². The number of hydrogen-bond acceptors (Lipinski definition) is 6. The smallest absolute Gasteiger partial charge is 0.433 e. The normalized spacial score (nSPS) is 19.0. The van der Waals surface area contributed by atoms with Crippen molar-refractivity contribution in [2.75, 3.05) is 5.32 Å². The molecule has 0 aliphatic heterocycles. The van der Waals surface area contributed by atoms with E-state index in [1.165, 1.54) is 0 Å². The predicted molar refractivity (Wildman–Crippen MR) is 115 cm³/mol. The van der Waals surface area contributed by atoms with Crippen LogP contribution in [0.5, 0.6) is 0 Å². The molecule has 1 saturated carbocycles. The lowest BCUT2D eigenvalue weighted by atomic mass is 9.82. The Morgan fingerprint density at radius 2 is 1.91 bits per heavy atom. The van der Waals surface area contributed by atoms with Crippen molar-refractivity contribution in [3.05, 3.63) is 52.9 Å². The third-order valence-electron chi connectivity index (χ3n) is 5.51. The Labute approximate surface area is 186 Å². The van der Waals surface area contributed by atoms with Gasteiger partial charge in [-0.25, -0.2) is 15.0 Å². The van der Waals surface area contributed by atoms with E-state index >= 15 is 0 Å². The van der Waals surface area contributed by atoms with E-state index in [9.17, 15) is 23.1 Å². The fourth-order valence-corrected chi connectivity index (χ4v) is 4.97. The lowest BCUT2D eigenvalue weighted by molar-refractivity contribution is -0.143. The Morgan fingerprint density at radius 3 is 2.59 bits per heavy atom. The number of aliphatic carboxylic acids is 1. The summed E-state index contributed by atoms with van der Waals surface area (Å²) in [4.78, 5) is 24.1. The zero-order valence-corrected chi connectivity index (χ0v) is 18.0. The summed E-state index contributed by atoms with van der Waals surface area (Å²) in [6.07, 6.45) is 1.25. The number of carboxylic acid groups (broad SMARTS) is 1. The van der Waals surface area contributed by atoms with Crippen molar-refractivity contribution in [3.63, 3.8) is 0 Å². The highest BCUT2D eigenvalue weighted by atomic mass is 32.1. The average molecular weight is 462 g/mol. The first kappa shape index (κ1) is 22.2. The molecule has 2 heterocycles. The fourth-order valence-electron chi connectivity index (χ4n) is 3.90. The second-order valence-corrected chi connectivity index (χ2v) is 8.99. The molecule has 0 radical (unpaired) electrons. The number of aryl methyl sites for hydroxylation is 1. The molecule has 3 aromatic rings. The Balaban J connectivity index is 1.52. The minimum atomic E-state index is -4.54. The van der Waals surface area contributed by atoms with E-state index in [4.69, 9.17) is 0 Å². The minimum absolute atomic E-state index is 0.128. The lowest BCUT2D eigenvalue weighted by Crippen LogP contribution is -2.20. The molecule has 0 saturated heterocycles. The van der Waals surface area contributed by atoms with Gasteiger partial charge in [-0.3, -0.25) is 4.79 Å². The number of rotatable bonds is 5. The largest absolute Gasteiger partial charge is 0.481 e. The summed E-state index contributed by atoms with van der Waals surface area (Å²) in [7, 11) is 0. The van der Waals surface area contributed by atoms with E-state index in [1.54, 1.807) is 17.5 Å². The van der Waals surface area contributed by atoms with Crippen LogP contribution in [0.3, 0.4) is 0 Å².